The molecule has 0 aliphatic carbocycles. The number of hydrogen-bond donors (Lipinski definition) is 1. The molecule has 7 heteroatoms. The molecule has 1 N–H and O–H groups in total. The Bertz CT molecular complexity index is 603. The van der Waals surface area contributed by atoms with Crippen LogP contribution in [-0.4, -0.2) is 21.2 Å². The van der Waals surface area contributed by atoms with Crippen LogP contribution in [0.4, 0.5) is 0 Å². The number of carboxylic acid groups (broad SMARTS) is 1. The fourth-order valence-electron chi connectivity index (χ4n) is 1.71. The molecule has 1 heterocycles. The smallest absolute Gasteiger partial charge is 0.303 e. The minimum atomic E-state index is -0.779. The summed E-state index contributed by atoms with van der Waals surface area (Å²) in [5, 5.41) is 13.2. The molecule has 1 aromatic carbocycles. The van der Waals surface area contributed by atoms with Crippen molar-refractivity contribution in [3.8, 4) is 0 Å². The molecule has 0 amide bonds. The number of carboxylic acids is 1. The maximum Gasteiger partial charge on any atom is 0.303 e. The molecule has 0 atom stereocenters. The van der Waals surface area contributed by atoms with Gasteiger partial charge in [-0.2, -0.15) is 4.98 Å². The van der Waals surface area contributed by atoms with Crippen molar-refractivity contribution in [3.05, 3.63) is 41.0 Å². The van der Waals surface area contributed by atoms with Crippen LogP contribution in [0.15, 0.2) is 33.7 Å². The quantitative estimate of drug-likeness (QED) is 0.587. The summed E-state index contributed by atoms with van der Waals surface area (Å²) in [6.45, 7) is 0. The Hall–Kier alpha value is -1.53. The van der Waals surface area contributed by atoms with Crippen LogP contribution in [0.5, 0.6) is 0 Å². The van der Waals surface area contributed by atoms with E-state index in [1.54, 1.807) is 11.8 Å². The van der Waals surface area contributed by atoms with Crippen LogP contribution >= 0.6 is 23.4 Å². The second-order valence-corrected chi connectivity index (χ2v) is 5.94. The molecule has 0 unspecified atom stereocenters. The highest BCUT2D eigenvalue weighted by molar-refractivity contribution is 7.98. The third kappa shape index (κ3) is 5.77. The number of rotatable bonds is 8. The predicted molar refractivity (Wildman–Crippen MR) is 80.5 cm³/mol. The van der Waals surface area contributed by atoms with E-state index in [-0.39, 0.29) is 6.42 Å². The molecule has 0 saturated heterocycles. The molecule has 5 nitrogen and oxygen atoms in total. The third-order valence-electron chi connectivity index (χ3n) is 2.71. The fraction of sp³-hybridized carbons (Fsp3) is 0.357. The van der Waals surface area contributed by atoms with E-state index >= 15 is 0 Å². The summed E-state index contributed by atoms with van der Waals surface area (Å²) in [5.41, 5.74) is 0. The highest BCUT2D eigenvalue weighted by Crippen LogP contribution is 2.24. The van der Waals surface area contributed by atoms with Crippen molar-refractivity contribution in [3.63, 3.8) is 0 Å². The predicted octanol–water partition coefficient (Wildman–Crippen LogP) is 3.81. The van der Waals surface area contributed by atoms with Gasteiger partial charge in [0.1, 0.15) is 0 Å². The Labute approximate surface area is 131 Å². The molecule has 21 heavy (non-hydrogen) atoms. The monoisotopic (exact) mass is 326 g/mol. The summed E-state index contributed by atoms with van der Waals surface area (Å²) in [6.07, 6.45) is 2.13. The molecule has 0 saturated carbocycles. The van der Waals surface area contributed by atoms with E-state index in [2.05, 4.69) is 10.1 Å². The summed E-state index contributed by atoms with van der Waals surface area (Å²) < 4.78 is 5.14. The van der Waals surface area contributed by atoms with Crippen LogP contribution in [-0.2, 0) is 17.0 Å². The Morgan fingerprint density at radius 1 is 1.38 bits per heavy atom. The van der Waals surface area contributed by atoms with Gasteiger partial charge in [-0.15, -0.1) is 11.8 Å². The van der Waals surface area contributed by atoms with Gasteiger partial charge in [0.2, 0.25) is 5.89 Å². The van der Waals surface area contributed by atoms with Crippen molar-refractivity contribution in [2.45, 2.75) is 36.3 Å². The van der Waals surface area contributed by atoms with Gasteiger partial charge in [0, 0.05) is 22.8 Å². The highest BCUT2D eigenvalue weighted by atomic mass is 35.5. The molecule has 2 aromatic rings. The summed E-state index contributed by atoms with van der Waals surface area (Å²) >= 11 is 7.51. The first kappa shape index (κ1) is 15.9. The van der Waals surface area contributed by atoms with Gasteiger partial charge >= 0.3 is 5.97 Å². The van der Waals surface area contributed by atoms with E-state index < -0.39 is 5.97 Å². The van der Waals surface area contributed by atoms with E-state index in [1.165, 1.54) is 0 Å². The van der Waals surface area contributed by atoms with Gasteiger partial charge in [-0.25, -0.2) is 0 Å². The molecule has 1 aromatic heterocycles. The SMILES string of the molecule is O=C(O)CCCCc1nc(CSc2cccc(Cl)c2)no1. The second kappa shape index (κ2) is 8.05. The number of aryl methyl sites for hydroxylation is 1. The van der Waals surface area contributed by atoms with Gasteiger partial charge in [0.25, 0.3) is 0 Å². The Kier molecular flexibility index (Phi) is 6.07. The lowest BCUT2D eigenvalue weighted by atomic mass is 10.2. The molecular weight excluding hydrogens is 312 g/mol. The zero-order valence-corrected chi connectivity index (χ0v) is 12.9. The van der Waals surface area contributed by atoms with Crippen molar-refractivity contribution in [2.75, 3.05) is 0 Å². The topological polar surface area (TPSA) is 76.2 Å². The number of carbonyl (C=O) groups is 1. The van der Waals surface area contributed by atoms with E-state index in [0.29, 0.717) is 35.3 Å². The van der Waals surface area contributed by atoms with Crippen LogP contribution in [0.25, 0.3) is 0 Å². The summed E-state index contributed by atoms with van der Waals surface area (Å²) in [7, 11) is 0. The summed E-state index contributed by atoms with van der Waals surface area (Å²) in [5.74, 6) is 1.02. The van der Waals surface area contributed by atoms with E-state index in [1.807, 2.05) is 24.3 Å². The first-order chi connectivity index (χ1) is 10.1. The fourth-order valence-corrected chi connectivity index (χ4v) is 2.76. The lowest BCUT2D eigenvalue weighted by Gasteiger charge is -1.98. The number of hydrogen-bond acceptors (Lipinski definition) is 5. The number of halogens is 1. The number of aliphatic carboxylic acids is 1. The normalized spacial score (nSPS) is 10.7. The molecule has 0 bridgehead atoms. The number of benzene rings is 1. The Morgan fingerprint density at radius 3 is 3.00 bits per heavy atom. The summed E-state index contributed by atoms with van der Waals surface area (Å²) in [6, 6.07) is 7.59. The average Bonchev–Trinajstić information content (AvgIpc) is 2.89. The molecule has 0 fully saturated rings. The number of nitrogens with zero attached hydrogens (tertiary/aromatic N) is 2. The van der Waals surface area contributed by atoms with Crippen molar-refractivity contribution >= 4 is 29.3 Å². The second-order valence-electron chi connectivity index (χ2n) is 4.45. The van der Waals surface area contributed by atoms with Crippen molar-refractivity contribution in [2.24, 2.45) is 0 Å². The van der Waals surface area contributed by atoms with Crippen LogP contribution in [0.3, 0.4) is 0 Å². The largest absolute Gasteiger partial charge is 0.481 e. The first-order valence-electron chi connectivity index (χ1n) is 6.55. The van der Waals surface area contributed by atoms with Gasteiger partial charge in [-0.1, -0.05) is 22.8 Å². The van der Waals surface area contributed by atoms with E-state index in [9.17, 15) is 4.79 Å². The van der Waals surface area contributed by atoms with Gasteiger partial charge in [0.15, 0.2) is 5.82 Å². The van der Waals surface area contributed by atoms with Crippen LogP contribution in [0.2, 0.25) is 5.02 Å². The maximum atomic E-state index is 10.4. The van der Waals surface area contributed by atoms with E-state index in [0.717, 1.165) is 11.3 Å². The molecule has 0 radical (unpaired) electrons. The van der Waals surface area contributed by atoms with Crippen LogP contribution in [0, 0.1) is 0 Å². The highest BCUT2D eigenvalue weighted by Gasteiger charge is 2.07. The molecule has 0 aliphatic rings. The standard InChI is InChI=1S/C14H15ClN2O3S/c15-10-4-3-5-11(8-10)21-9-12-16-13(20-17-12)6-1-2-7-14(18)19/h3-5,8H,1-2,6-7,9H2,(H,18,19). The Morgan fingerprint density at radius 2 is 2.24 bits per heavy atom. The van der Waals surface area contributed by atoms with Crippen LogP contribution < -0.4 is 0 Å². The average molecular weight is 327 g/mol. The number of thioether (sulfide) groups is 1. The lowest BCUT2D eigenvalue weighted by molar-refractivity contribution is -0.137. The number of aromatic nitrogens is 2. The third-order valence-corrected chi connectivity index (χ3v) is 3.93. The maximum absolute atomic E-state index is 10.4. The van der Waals surface area contributed by atoms with Crippen molar-refractivity contribution < 1.29 is 14.4 Å². The van der Waals surface area contributed by atoms with Gasteiger partial charge < -0.3 is 9.63 Å². The molecular formula is C14H15ClN2O3S. The first-order valence-corrected chi connectivity index (χ1v) is 7.91. The minimum Gasteiger partial charge on any atom is -0.481 e. The summed E-state index contributed by atoms with van der Waals surface area (Å²) in [4.78, 5) is 15.7. The molecule has 112 valence electrons. The van der Waals surface area contributed by atoms with Gasteiger partial charge in [0.05, 0.1) is 5.75 Å². The Balaban J connectivity index is 1.76. The van der Waals surface area contributed by atoms with Gasteiger partial charge in [-0.3, -0.25) is 4.79 Å². The minimum absolute atomic E-state index is 0.172. The molecule has 0 aliphatic heterocycles. The molecule has 2 rings (SSSR count). The van der Waals surface area contributed by atoms with Gasteiger partial charge in [-0.05, 0) is 31.0 Å². The lowest BCUT2D eigenvalue weighted by Crippen LogP contribution is -1.95. The number of unbranched alkanes of at least 4 members (excludes halogenated alkanes) is 1. The van der Waals surface area contributed by atoms with Crippen LogP contribution in [0.1, 0.15) is 31.0 Å². The molecule has 0 spiro atoms. The zero-order valence-electron chi connectivity index (χ0n) is 11.3. The van der Waals surface area contributed by atoms with Crippen molar-refractivity contribution in [1.29, 1.82) is 0 Å². The zero-order chi connectivity index (χ0) is 15.1. The van der Waals surface area contributed by atoms with E-state index in [4.69, 9.17) is 21.2 Å². The van der Waals surface area contributed by atoms with Crippen molar-refractivity contribution in [1.82, 2.24) is 10.1 Å².